The first-order valence-corrected chi connectivity index (χ1v) is 7.49. The van der Waals surface area contributed by atoms with E-state index in [0.717, 1.165) is 11.3 Å². The van der Waals surface area contributed by atoms with E-state index in [4.69, 9.17) is 4.74 Å². The van der Waals surface area contributed by atoms with Gasteiger partial charge in [0.15, 0.2) is 0 Å². The first kappa shape index (κ1) is 15.5. The summed E-state index contributed by atoms with van der Waals surface area (Å²) < 4.78 is 6.14. The van der Waals surface area contributed by atoms with E-state index < -0.39 is 0 Å². The number of carbonyl (C=O) groups is 1. The molecule has 0 aliphatic rings. The molecule has 1 amide bonds. The highest BCUT2D eigenvalue weighted by molar-refractivity contribution is 9.10. The number of hydrogen-bond acceptors (Lipinski definition) is 3. The minimum absolute atomic E-state index is 0.0822. The molecule has 0 N–H and O–H groups in total. The van der Waals surface area contributed by atoms with Crippen molar-refractivity contribution in [2.45, 2.75) is 13.5 Å². The lowest BCUT2D eigenvalue weighted by molar-refractivity contribution is 0.0782. The maximum atomic E-state index is 12.5. The van der Waals surface area contributed by atoms with Gasteiger partial charge in [0, 0.05) is 25.4 Å². The summed E-state index contributed by atoms with van der Waals surface area (Å²) in [6.07, 6.45) is 1.64. The number of rotatable bonds is 5. The number of pyridine rings is 1. The van der Waals surface area contributed by atoms with Crippen molar-refractivity contribution in [1.29, 1.82) is 0 Å². The zero-order chi connectivity index (χ0) is 15.2. The van der Waals surface area contributed by atoms with Crippen LogP contribution in [0, 0.1) is 0 Å². The van der Waals surface area contributed by atoms with Crippen LogP contribution in [-0.4, -0.2) is 29.4 Å². The van der Waals surface area contributed by atoms with Gasteiger partial charge in [-0.2, -0.15) is 0 Å². The summed E-state index contributed by atoms with van der Waals surface area (Å²) in [5, 5.41) is 0. The van der Waals surface area contributed by atoms with Crippen molar-refractivity contribution >= 4 is 21.8 Å². The quantitative estimate of drug-likeness (QED) is 0.776. The van der Waals surface area contributed by atoms with E-state index in [0.29, 0.717) is 23.3 Å². The van der Waals surface area contributed by atoms with Gasteiger partial charge in [0.05, 0.1) is 12.2 Å². The van der Waals surface area contributed by atoms with Crippen LogP contribution in [0.4, 0.5) is 0 Å². The molecule has 0 atom stereocenters. The van der Waals surface area contributed by atoms with Crippen molar-refractivity contribution in [3.63, 3.8) is 0 Å². The number of aromatic nitrogens is 1. The number of carbonyl (C=O) groups excluding carboxylic acids is 1. The van der Waals surface area contributed by atoms with Crippen LogP contribution in [-0.2, 0) is 6.54 Å². The van der Waals surface area contributed by atoms with Crippen LogP contribution in [0.1, 0.15) is 22.8 Å². The van der Waals surface area contributed by atoms with Crippen molar-refractivity contribution in [3.05, 3.63) is 58.3 Å². The standard InChI is InChI=1S/C16H17BrN2O2/c1-3-21-14-9-5-4-7-12(14)11-19(2)16(20)13-8-6-10-18-15(13)17/h4-10H,3,11H2,1-2H3. The zero-order valence-electron chi connectivity index (χ0n) is 12.0. The van der Waals surface area contributed by atoms with E-state index in [1.165, 1.54) is 0 Å². The molecule has 0 fully saturated rings. The molecule has 0 unspecified atom stereocenters. The lowest BCUT2D eigenvalue weighted by atomic mass is 10.1. The zero-order valence-corrected chi connectivity index (χ0v) is 13.6. The summed E-state index contributed by atoms with van der Waals surface area (Å²) in [5.74, 6) is 0.728. The molecule has 5 heteroatoms. The highest BCUT2D eigenvalue weighted by Gasteiger charge is 2.16. The molecule has 0 bridgehead atoms. The van der Waals surface area contributed by atoms with Crippen LogP contribution in [0.15, 0.2) is 47.2 Å². The number of para-hydroxylation sites is 1. The molecule has 1 aromatic heterocycles. The molecule has 0 aliphatic carbocycles. The third kappa shape index (κ3) is 3.82. The molecule has 110 valence electrons. The fraction of sp³-hybridized carbons (Fsp3) is 0.250. The second kappa shape index (κ2) is 7.22. The highest BCUT2D eigenvalue weighted by Crippen LogP contribution is 2.21. The fourth-order valence-electron chi connectivity index (χ4n) is 2.01. The van der Waals surface area contributed by atoms with Gasteiger partial charge in [-0.15, -0.1) is 0 Å². The fourth-order valence-corrected chi connectivity index (χ4v) is 2.43. The Bertz CT molecular complexity index is 631. The van der Waals surface area contributed by atoms with Crippen LogP contribution in [0.25, 0.3) is 0 Å². The number of ether oxygens (including phenoxy) is 1. The smallest absolute Gasteiger partial charge is 0.256 e. The van der Waals surface area contributed by atoms with Crippen LogP contribution >= 0.6 is 15.9 Å². The Hall–Kier alpha value is -1.88. The van der Waals surface area contributed by atoms with Gasteiger partial charge in [-0.05, 0) is 41.1 Å². The maximum Gasteiger partial charge on any atom is 0.256 e. The van der Waals surface area contributed by atoms with Gasteiger partial charge in [-0.3, -0.25) is 4.79 Å². The molecular formula is C16H17BrN2O2. The molecule has 1 aromatic carbocycles. The predicted octanol–water partition coefficient (Wildman–Crippen LogP) is 3.52. The Morgan fingerprint density at radius 1 is 1.29 bits per heavy atom. The summed E-state index contributed by atoms with van der Waals surface area (Å²) in [7, 11) is 1.77. The van der Waals surface area contributed by atoms with Crippen LogP contribution in [0.2, 0.25) is 0 Å². The molecule has 0 radical (unpaired) electrons. The monoisotopic (exact) mass is 348 g/mol. The highest BCUT2D eigenvalue weighted by atomic mass is 79.9. The molecule has 21 heavy (non-hydrogen) atoms. The molecular weight excluding hydrogens is 332 g/mol. The molecule has 0 aliphatic heterocycles. The van der Waals surface area contributed by atoms with Gasteiger partial charge in [0.1, 0.15) is 10.4 Å². The predicted molar refractivity (Wildman–Crippen MR) is 85.3 cm³/mol. The Balaban J connectivity index is 2.17. The van der Waals surface area contributed by atoms with Gasteiger partial charge >= 0.3 is 0 Å². The maximum absolute atomic E-state index is 12.5. The van der Waals surface area contributed by atoms with E-state index in [-0.39, 0.29) is 5.91 Å². The van der Waals surface area contributed by atoms with E-state index in [1.54, 1.807) is 30.3 Å². The van der Waals surface area contributed by atoms with Crippen LogP contribution < -0.4 is 4.74 Å². The third-order valence-electron chi connectivity index (χ3n) is 3.02. The van der Waals surface area contributed by atoms with Gasteiger partial charge in [0.25, 0.3) is 5.91 Å². The lowest BCUT2D eigenvalue weighted by Crippen LogP contribution is -2.27. The van der Waals surface area contributed by atoms with E-state index in [2.05, 4.69) is 20.9 Å². The number of nitrogens with zero attached hydrogens (tertiary/aromatic N) is 2. The third-order valence-corrected chi connectivity index (χ3v) is 3.65. The molecule has 2 rings (SSSR count). The molecule has 0 spiro atoms. The summed E-state index contributed by atoms with van der Waals surface area (Å²) in [5.41, 5.74) is 1.53. The molecule has 2 aromatic rings. The summed E-state index contributed by atoms with van der Waals surface area (Å²) in [4.78, 5) is 18.2. The minimum atomic E-state index is -0.0822. The van der Waals surface area contributed by atoms with Gasteiger partial charge < -0.3 is 9.64 Å². The van der Waals surface area contributed by atoms with Gasteiger partial charge in [-0.1, -0.05) is 18.2 Å². The SMILES string of the molecule is CCOc1ccccc1CN(C)C(=O)c1cccnc1Br. The van der Waals surface area contributed by atoms with Crippen LogP contribution in [0.3, 0.4) is 0 Å². The largest absolute Gasteiger partial charge is 0.494 e. The molecule has 1 heterocycles. The summed E-state index contributed by atoms with van der Waals surface area (Å²) in [6, 6.07) is 11.2. The Kier molecular flexibility index (Phi) is 5.33. The number of halogens is 1. The van der Waals surface area contributed by atoms with Crippen molar-refractivity contribution < 1.29 is 9.53 Å². The minimum Gasteiger partial charge on any atom is -0.494 e. The Labute approximate surface area is 132 Å². The number of benzene rings is 1. The normalized spacial score (nSPS) is 10.2. The lowest BCUT2D eigenvalue weighted by Gasteiger charge is -2.19. The van der Waals surface area contributed by atoms with E-state index >= 15 is 0 Å². The first-order valence-electron chi connectivity index (χ1n) is 6.70. The average molecular weight is 349 g/mol. The molecule has 0 saturated carbocycles. The second-order valence-electron chi connectivity index (χ2n) is 4.54. The molecule has 0 saturated heterocycles. The van der Waals surface area contributed by atoms with E-state index in [1.807, 2.05) is 31.2 Å². The number of hydrogen-bond donors (Lipinski definition) is 0. The van der Waals surface area contributed by atoms with Crippen molar-refractivity contribution in [2.75, 3.05) is 13.7 Å². The Morgan fingerprint density at radius 3 is 2.76 bits per heavy atom. The van der Waals surface area contributed by atoms with Crippen molar-refractivity contribution in [1.82, 2.24) is 9.88 Å². The van der Waals surface area contributed by atoms with E-state index in [9.17, 15) is 4.79 Å². The summed E-state index contributed by atoms with van der Waals surface area (Å²) >= 11 is 3.31. The topological polar surface area (TPSA) is 42.4 Å². The second-order valence-corrected chi connectivity index (χ2v) is 5.29. The number of amides is 1. The first-order chi connectivity index (χ1) is 10.1. The van der Waals surface area contributed by atoms with Gasteiger partial charge in [-0.25, -0.2) is 4.98 Å². The van der Waals surface area contributed by atoms with Gasteiger partial charge in [0.2, 0.25) is 0 Å². The van der Waals surface area contributed by atoms with Crippen molar-refractivity contribution in [3.8, 4) is 5.75 Å². The summed E-state index contributed by atoms with van der Waals surface area (Å²) in [6.45, 7) is 3.03. The van der Waals surface area contributed by atoms with Crippen LogP contribution in [0.5, 0.6) is 5.75 Å². The van der Waals surface area contributed by atoms with Crippen molar-refractivity contribution in [2.24, 2.45) is 0 Å². The average Bonchev–Trinajstić information content (AvgIpc) is 2.49. The molecule has 4 nitrogen and oxygen atoms in total. The Morgan fingerprint density at radius 2 is 2.05 bits per heavy atom.